The third kappa shape index (κ3) is 3.60. The standard InChI is InChI=1S/C13H16ClNOS/c1-2-6-15-12(10-5-7-16-9-10)8-11-3-4-13(14)17-11/h3-5,7,9,12,15H,2,6,8H2,1H3. The highest BCUT2D eigenvalue weighted by atomic mass is 35.5. The van der Waals surface area contributed by atoms with Crippen LogP contribution in [0.4, 0.5) is 0 Å². The Morgan fingerprint density at radius 3 is 2.88 bits per heavy atom. The summed E-state index contributed by atoms with van der Waals surface area (Å²) in [6, 6.07) is 6.37. The lowest BCUT2D eigenvalue weighted by Gasteiger charge is -2.16. The van der Waals surface area contributed by atoms with E-state index in [2.05, 4.69) is 18.3 Å². The van der Waals surface area contributed by atoms with E-state index < -0.39 is 0 Å². The topological polar surface area (TPSA) is 25.2 Å². The van der Waals surface area contributed by atoms with E-state index in [9.17, 15) is 0 Å². The van der Waals surface area contributed by atoms with Gasteiger partial charge in [0.25, 0.3) is 0 Å². The van der Waals surface area contributed by atoms with Crippen molar-refractivity contribution in [2.45, 2.75) is 25.8 Å². The van der Waals surface area contributed by atoms with Crippen molar-refractivity contribution in [3.05, 3.63) is 45.5 Å². The summed E-state index contributed by atoms with van der Waals surface area (Å²) in [5.74, 6) is 0. The van der Waals surface area contributed by atoms with Crippen molar-refractivity contribution in [2.75, 3.05) is 6.54 Å². The van der Waals surface area contributed by atoms with Crippen LogP contribution in [0.15, 0.2) is 35.1 Å². The SMILES string of the molecule is CCCNC(Cc1ccc(Cl)s1)c1ccoc1. The van der Waals surface area contributed by atoms with E-state index >= 15 is 0 Å². The molecule has 1 atom stereocenters. The number of hydrogen-bond donors (Lipinski definition) is 1. The Labute approximate surface area is 111 Å². The average Bonchev–Trinajstić information content (AvgIpc) is 2.95. The molecule has 0 bridgehead atoms. The Bertz CT molecular complexity index is 438. The number of hydrogen-bond acceptors (Lipinski definition) is 3. The van der Waals surface area contributed by atoms with Crippen LogP contribution in [0.1, 0.15) is 29.8 Å². The maximum absolute atomic E-state index is 5.95. The fraction of sp³-hybridized carbons (Fsp3) is 0.385. The molecule has 0 spiro atoms. The van der Waals surface area contributed by atoms with E-state index in [-0.39, 0.29) is 0 Å². The smallest absolute Gasteiger partial charge is 0.0950 e. The van der Waals surface area contributed by atoms with Gasteiger partial charge in [-0.3, -0.25) is 0 Å². The molecule has 0 saturated heterocycles. The second-order valence-electron chi connectivity index (χ2n) is 3.97. The number of thiophene rings is 1. The minimum absolute atomic E-state index is 0.309. The van der Waals surface area contributed by atoms with Gasteiger partial charge in [-0.15, -0.1) is 11.3 Å². The van der Waals surface area contributed by atoms with Crippen molar-refractivity contribution in [2.24, 2.45) is 0 Å². The number of rotatable bonds is 6. The Morgan fingerprint density at radius 2 is 2.29 bits per heavy atom. The molecule has 0 aromatic carbocycles. The van der Waals surface area contributed by atoms with Gasteiger partial charge in [-0.25, -0.2) is 0 Å². The summed E-state index contributed by atoms with van der Waals surface area (Å²) in [5, 5.41) is 3.53. The van der Waals surface area contributed by atoms with E-state index in [0.29, 0.717) is 6.04 Å². The van der Waals surface area contributed by atoms with E-state index in [1.807, 2.05) is 18.4 Å². The first-order valence-corrected chi connectivity index (χ1v) is 6.98. The first kappa shape index (κ1) is 12.7. The average molecular weight is 270 g/mol. The fourth-order valence-electron chi connectivity index (χ4n) is 1.76. The van der Waals surface area contributed by atoms with Crippen molar-refractivity contribution < 1.29 is 4.42 Å². The second-order valence-corrected chi connectivity index (χ2v) is 5.77. The van der Waals surface area contributed by atoms with Crippen molar-refractivity contribution in [3.8, 4) is 0 Å². The van der Waals surface area contributed by atoms with Crippen LogP contribution in [0.5, 0.6) is 0 Å². The van der Waals surface area contributed by atoms with Gasteiger partial charge >= 0.3 is 0 Å². The normalized spacial score (nSPS) is 12.8. The van der Waals surface area contributed by atoms with Crippen LogP contribution >= 0.6 is 22.9 Å². The van der Waals surface area contributed by atoms with Gasteiger partial charge in [0.15, 0.2) is 0 Å². The van der Waals surface area contributed by atoms with Crippen LogP contribution in [0.3, 0.4) is 0 Å². The predicted octanol–water partition coefficient (Wildman–Crippen LogP) is 4.28. The first-order valence-electron chi connectivity index (χ1n) is 5.79. The van der Waals surface area contributed by atoms with Gasteiger partial charge in [-0.05, 0) is 31.2 Å². The Morgan fingerprint density at radius 1 is 1.41 bits per heavy atom. The lowest BCUT2D eigenvalue weighted by molar-refractivity contribution is 0.514. The van der Waals surface area contributed by atoms with Gasteiger partial charge in [-0.2, -0.15) is 0 Å². The molecule has 0 saturated carbocycles. The van der Waals surface area contributed by atoms with Gasteiger partial charge in [0, 0.05) is 22.9 Å². The number of halogens is 1. The summed E-state index contributed by atoms with van der Waals surface area (Å²) in [7, 11) is 0. The number of nitrogens with one attached hydrogen (secondary N) is 1. The van der Waals surface area contributed by atoms with Gasteiger partial charge in [0.1, 0.15) is 0 Å². The van der Waals surface area contributed by atoms with Gasteiger partial charge in [-0.1, -0.05) is 18.5 Å². The molecule has 2 aromatic rings. The summed E-state index contributed by atoms with van der Waals surface area (Å²) in [6.45, 7) is 3.18. The molecule has 2 aromatic heterocycles. The fourth-order valence-corrected chi connectivity index (χ4v) is 2.90. The molecule has 2 rings (SSSR count). The highest BCUT2D eigenvalue weighted by molar-refractivity contribution is 7.16. The van der Waals surface area contributed by atoms with E-state index in [0.717, 1.165) is 23.7 Å². The maximum atomic E-state index is 5.95. The molecule has 2 nitrogen and oxygen atoms in total. The van der Waals surface area contributed by atoms with Crippen LogP contribution in [0, 0.1) is 0 Å². The maximum Gasteiger partial charge on any atom is 0.0950 e. The lowest BCUT2D eigenvalue weighted by atomic mass is 10.1. The van der Waals surface area contributed by atoms with Gasteiger partial charge in [0.2, 0.25) is 0 Å². The van der Waals surface area contributed by atoms with E-state index in [4.69, 9.17) is 16.0 Å². The number of furan rings is 1. The highest BCUT2D eigenvalue weighted by Gasteiger charge is 2.13. The Kier molecular flexibility index (Phi) is 4.66. The summed E-state index contributed by atoms with van der Waals surface area (Å²) >= 11 is 7.59. The zero-order chi connectivity index (χ0) is 12.1. The van der Waals surface area contributed by atoms with Crippen LogP contribution in [0.2, 0.25) is 4.34 Å². The molecule has 0 aliphatic rings. The van der Waals surface area contributed by atoms with E-state index in [1.165, 1.54) is 10.4 Å². The Hall–Kier alpha value is -0.770. The van der Waals surface area contributed by atoms with Crippen LogP contribution < -0.4 is 5.32 Å². The molecule has 92 valence electrons. The molecule has 1 N–H and O–H groups in total. The first-order chi connectivity index (χ1) is 8.29. The summed E-state index contributed by atoms with van der Waals surface area (Å²) in [4.78, 5) is 1.30. The molecule has 0 aliphatic carbocycles. The lowest BCUT2D eigenvalue weighted by Crippen LogP contribution is -2.23. The zero-order valence-corrected chi connectivity index (χ0v) is 11.4. The zero-order valence-electron chi connectivity index (χ0n) is 9.78. The molecule has 0 fully saturated rings. The summed E-state index contributed by atoms with van der Waals surface area (Å²) in [5.41, 5.74) is 1.20. The third-order valence-corrected chi connectivity index (χ3v) is 3.87. The van der Waals surface area contributed by atoms with Gasteiger partial charge < -0.3 is 9.73 Å². The molecule has 17 heavy (non-hydrogen) atoms. The second kappa shape index (κ2) is 6.24. The monoisotopic (exact) mass is 269 g/mol. The predicted molar refractivity (Wildman–Crippen MR) is 72.8 cm³/mol. The molecule has 1 unspecified atom stereocenters. The largest absolute Gasteiger partial charge is 0.472 e. The minimum Gasteiger partial charge on any atom is -0.472 e. The molecule has 0 amide bonds. The van der Waals surface area contributed by atoms with Crippen LogP contribution in [-0.4, -0.2) is 6.54 Å². The Balaban J connectivity index is 2.05. The van der Waals surface area contributed by atoms with Crippen molar-refractivity contribution in [3.63, 3.8) is 0 Å². The molecule has 0 radical (unpaired) electrons. The van der Waals surface area contributed by atoms with Crippen LogP contribution in [0.25, 0.3) is 0 Å². The minimum atomic E-state index is 0.309. The van der Waals surface area contributed by atoms with Crippen molar-refractivity contribution >= 4 is 22.9 Å². The van der Waals surface area contributed by atoms with Crippen molar-refractivity contribution in [1.82, 2.24) is 5.32 Å². The van der Waals surface area contributed by atoms with Crippen molar-refractivity contribution in [1.29, 1.82) is 0 Å². The molecule has 2 heterocycles. The molecular formula is C13H16ClNOS. The quantitative estimate of drug-likeness (QED) is 0.847. The summed E-state index contributed by atoms with van der Waals surface area (Å²) < 4.78 is 6.00. The molecule has 4 heteroatoms. The van der Waals surface area contributed by atoms with Gasteiger partial charge in [0.05, 0.1) is 16.9 Å². The third-order valence-electron chi connectivity index (χ3n) is 2.62. The summed E-state index contributed by atoms with van der Waals surface area (Å²) in [6.07, 6.45) is 5.61. The van der Waals surface area contributed by atoms with E-state index in [1.54, 1.807) is 17.6 Å². The molecular weight excluding hydrogens is 254 g/mol. The van der Waals surface area contributed by atoms with Crippen LogP contribution in [-0.2, 0) is 6.42 Å². The molecule has 0 aliphatic heterocycles. The highest BCUT2D eigenvalue weighted by Crippen LogP contribution is 2.26.